The van der Waals surface area contributed by atoms with Gasteiger partial charge in [0.1, 0.15) is 0 Å². The van der Waals surface area contributed by atoms with Crippen molar-refractivity contribution in [1.82, 2.24) is 9.80 Å². The molecule has 126 valence electrons. The normalized spacial score (nSPS) is 13.4. The lowest BCUT2D eigenvalue weighted by Gasteiger charge is -2.28. The largest absolute Gasteiger partial charge is 0.308 e. The van der Waals surface area contributed by atoms with Crippen molar-refractivity contribution in [2.45, 2.75) is 0 Å². The van der Waals surface area contributed by atoms with E-state index < -0.39 is 10.8 Å². The molecule has 0 saturated heterocycles. The number of nitro benzene ring substituents is 1. The summed E-state index contributed by atoms with van der Waals surface area (Å²) in [7, 11) is 3.69. The molecule has 0 atom stereocenters. The first-order chi connectivity index (χ1) is 10.9. The van der Waals surface area contributed by atoms with Crippen LogP contribution >= 0.6 is 12.4 Å². The summed E-state index contributed by atoms with van der Waals surface area (Å²) in [5.41, 5.74) is 0.466. The number of imide groups is 1. The monoisotopic (exact) mass is 349 g/mol. The summed E-state index contributed by atoms with van der Waals surface area (Å²) in [5.74, 6) is -0.840. The molecule has 0 aliphatic carbocycles. The molecule has 8 heteroatoms. The van der Waals surface area contributed by atoms with Crippen molar-refractivity contribution < 1.29 is 14.5 Å². The highest BCUT2D eigenvalue weighted by Crippen LogP contribution is 2.33. The highest BCUT2D eigenvalue weighted by molar-refractivity contribution is 6.25. The van der Waals surface area contributed by atoms with Crippen molar-refractivity contribution in [2.24, 2.45) is 0 Å². The summed E-state index contributed by atoms with van der Waals surface area (Å²) in [4.78, 5) is 38.8. The fraction of sp³-hybridized carbons (Fsp3) is 0.250. The SMILES string of the molecule is CN(C)CCN1C(=O)c2cccc3cc([N+](=O)[O-])cc(c23)C1=O.Cl. The van der Waals surface area contributed by atoms with Crippen LogP contribution in [0.4, 0.5) is 5.69 Å². The van der Waals surface area contributed by atoms with Gasteiger partial charge < -0.3 is 4.90 Å². The number of non-ortho nitro benzene ring substituents is 1. The van der Waals surface area contributed by atoms with Gasteiger partial charge in [-0.15, -0.1) is 12.4 Å². The van der Waals surface area contributed by atoms with Crippen LogP contribution in [0.5, 0.6) is 0 Å². The van der Waals surface area contributed by atoms with Crippen LogP contribution < -0.4 is 0 Å². The lowest BCUT2D eigenvalue weighted by atomic mass is 9.93. The molecule has 1 heterocycles. The molecule has 2 aromatic rings. The predicted molar refractivity (Wildman–Crippen MR) is 91.8 cm³/mol. The van der Waals surface area contributed by atoms with E-state index in [9.17, 15) is 19.7 Å². The summed E-state index contributed by atoms with van der Waals surface area (Å²) in [6, 6.07) is 7.63. The third kappa shape index (κ3) is 2.83. The van der Waals surface area contributed by atoms with Gasteiger partial charge >= 0.3 is 0 Å². The number of hydrogen-bond donors (Lipinski definition) is 0. The summed E-state index contributed by atoms with van der Waals surface area (Å²) in [6.07, 6.45) is 0. The molecule has 1 aliphatic rings. The summed E-state index contributed by atoms with van der Waals surface area (Å²) in [6.45, 7) is 0.765. The molecule has 0 unspecified atom stereocenters. The van der Waals surface area contributed by atoms with Gasteiger partial charge in [-0.2, -0.15) is 0 Å². The van der Waals surface area contributed by atoms with Gasteiger partial charge in [-0.05, 0) is 25.5 Å². The van der Waals surface area contributed by atoms with Crippen LogP contribution in [0, 0.1) is 10.1 Å². The Morgan fingerprint density at radius 2 is 1.79 bits per heavy atom. The van der Waals surface area contributed by atoms with Gasteiger partial charge in [0, 0.05) is 36.2 Å². The predicted octanol–water partition coefficient (Wildman–Crippen LogP) is 2.33. The molecule has 0 N–H and O–H groups in total. The molecule has 0 radical (unpaired) electrons. The Morgan fingerprint density at radius 1 is 1.12 bits per heavy atom. The second-order valence-corrected chi connectivity index (χ2v) is 5.72. The number of hydrogen-bond acceptors (Lipinski definition) is 5. The number of nitro groups is 1. The maximum absolute atomic E-state index is 12.7. The Labute approximate surface area is 144 Å². The third-order valence-electron chi connectivity index (χ3n) is 3.89. The third-order valence-corrected chi connectivity index (χ3v) is 3.89. The number of benzene rings is 2. The molecular formula is C16H16ClN3O4. The minimum absolute atomic E-state index is 0. The standard InChI is InChI=1S/C16H15N3O4.ClH/c1-17(2)6-7-18-15(20)12-5-3-4-10-8-11(19(22)23)9-13(14(10)12)16(18)21;/h3-5,8-9H,6-7H2,1-2H3;1H. The molecule has 1 aliphatic heterocycles. The van der Waals surface area contributed by atoms with Crippen molar-refractivity contribution in [3.8, 4) is 0 Å². The fourth-order valence-electron chi connectivity index (χ4n) is 2.75. The van der Waals surface area contributed by atoms with Crippen LogP contribution in [-0.2, 0) is 0 Å². The van der Waals surface area contributed by atoms with E-state index in [0.29, 0.717) is 22.9 Å². The molecular weight excluding hydrogens is 334 g/mol. The van der Waals surface area contributed by atoms with Gasteiger partial charge in [-0.25, -0.2) is 0 Å². The van der Waals surface area contributed by atoms with Crippen molar-refractivity contribution in [2.75, 3.05) is 27.2 Å². The molecule has 2 aromatic carbocycles. The van der Waals surface area contributed by atoms with Gasteiger partial charge in [0.25, 0.3) is 17.5 Å². The quantitative estimate of drug-likeness (QED) is 0.480. The molecule has 0 aromatic heterocycles. The van der Waals surface area contributed by atoms with E-state index in [0.717, 1.165) is 4.90 Å². The van der Waals surface area contributed by atoms with Gasteiger partial charge in [0.15, 0.2) is 0 Å². The highest BCUT2D eigenvalue weighted by Gasteiger charge is 2.33. The second kappa shape index (κ2) is 6.54. The maximum atomic E-state index is 12.7. The van der Waals surface area contributed by atoms with Gasteiger partial charge in [0.2, 0.25) is 0 Å². The molecule has 3 rings (SSSR count). The lowest BCUT2D eigenvalue weighted by molar-refractivity contribution is -0.384. The van der Waals surface area contributed by atoms with Crippen molar-refractivity contribution >= 4 is 40.7 Å². The van der Waals surface area contributed by atoms with Crippen molar-refractivity contribution in [3.05, 3.63) is 51.6 Å². The zero-order chi connectivity index (χ0) is 16.7. The molecule has 7 nitrogen and oxygen atoms in total. The highest BCUT2D eigenvalue weighted by atomic mass is 35.5. The van der Waals surface area contributed by atoms with Crippen LogP contribution in [0.2, 0.25) is 0 Å². The number of halogens is 1. The topological polar surface area (TPSA) is 83.8 Å². The van der Waals surface area contributed by atoms with Gasteiger partial charge in [0.05, 0.1) is 10.5 Å². The van der Waals surface area contributed by atoms with Crippen LogP contribution in [0.1, 0.15) is 20.7 Å². The lowest BCUT2D eigenvalue weighted by Crippen LogP contribution is -2.43. The van der Waals surface area contributed by atoms with Crippen molar-refractivity contribution in [1.29, 1.82) is 0 Å². The van der Waals surface area contributed by atoms with Gasteiger partial charge in [-0.3, -0.25) is 24.6 Å². The van der Waals surface area contributed by atoms with Crippen LogP contribution in [-0.4, -0.2) is 53.7 Å². The molecule has 0 fully saturated rings. The average molecular weight is 350 g/mol. The Morgan fingerprint density at radius 3 is 2.42 bits per heavy atom. The zero-order valence-electron chi connectivity index (χ0n) is 13.2. The van der Waals surface area contributed by atoms with E-state index in [1.807, 2.05) is 19.0 Å². The summed E-state index contributed by atoms with van der Waals surface area (Å²) >= 11 is 0. The Bertz CT molecular complexity index is 851. The van der Waals surface area contributed by atoms with Crippen molar-refractivity contribution in [3.63, 3.8) is 0 Å². The number of nitrogens with zero attached hydrogens (tertiary/aromatic N) is 3. The number of rotatable bonds is 4. The Balaban J connectivity index is 0.00000208. The molecule has 2 amide bonds. The number of amides is 2. The summed E-state index contributed by atoms with van der Waals surface area (Å²) < 4.78 is 0. The molecule has 0 spiro atoms. The van der Waals surface area contributed by atoms with E-state index >= 15 is 0 Å². The molecule has 0 bridgehead atoms. The fourth-order valence-corrected chi connectivity index (χ4v) is 2.75. The zero-order valence-corrected chi connectivity index (χ0v) is 14.0. The van der Waals surface area contributed by atoms with E-state index in [2.05, 4.69) is 0 Å². The van der Waals surface area contributed by atoms with E-state index in [1.165, 1.54) is 12.1 Å². The molecule has 24 heavy (non-hydrogen) atoms. The first-order valence-electron chi connectivity index (χ1n) is 7.12. The minimum atomic E-state index is -0.531. The van der Waals surface area contributed by atoms with Gasteiger partial charge in [-0.1, -0.05) is 12.1 Å². The number of carbonyl (C=O) groups excluding carboxylic acids is 2. The molecule has 0 saturated carbocycles. The number of carbonyl (C=O) groups is 2. The van der Waals surface area contributed by atoms with Crippen LogP contribution in [0.15, 0.2) is 30.3 Å². The maximum Gasteiger partial charge on any atom is 0.270 e. The smallest absolute Gasteiger partial charge is 0.270 e. The van der Waals surface area contributed by atoms with Crippen LogP contribution in [0.25, 0.3) is 10.8 Å². The van der Waals surface area contributed by atoms with Crippen LogP contribution in [0.3, 0.4) is 0 Å². The first kappa shape index (κ1) is 17.8. The second-order valence-electron chi connectivity index (χ2n) is 5.72. The summed E-state index contributed by atoms with van der Waals surface area (Å²) in [5, 5.41) is 12.1. The number of likely N-dealkylation sites (N-methyl/N-ethyl adjacent to an activating group) is 1. The minimum Gasteiger partial charge on any atom is -0.308 e. The van der Waals surface area contributed by atoms with E-state index in [-0.39, 0.29) is 36.1 Å². The average Bonchev–Trinajstić information content (AvgIpc) is 2.51. The van der Waals surface area contributed by atoms with E-state index in [4.69, 9.17) is 0 Å². The first-order valence-corrected chi connectivity index (χ1v) is 7.12. The van der Waals surface area contributed by atoms with E-state index in [1.54, 1.807) is 18.2 Å². The Hall–Kier alpha value is -2.51. The Kier molecular flexibility index (Phi) is 4.86.